The first kappa shape index (κ1) is 25.1. The van der Waals surface area contributed by atoms with Gasteiger partial charge in [0, 0.05) is 43.7 Å². The third-order valence-corrected chi connectivity index (χ3v) is 7.23. The van der Waals surface area contributed by atoms with Gasteiger partial charge in [-0.1, -0.05) is 18.2 Å². The van der Waals surface area contributed by atoms with Crippen molar-refractivity contribution in [1.82, 2.24) is 19.7 Å². The second-order valence-electron chi connectivity index (χ2n) is 9.40. The van der Waals surface area contributed by atoms with Crippen LogP contribution in [-0.2, 0) is 7.05 Å². The van der Waals surface area contributed by atoms with Gasteiger partial charge in [-0.2, -0.15) is 10.1 Å². The van der Waals surface area contributed by atoms with E-state index in [0.717, 1.165) is 65.3 Å². The summed E-state index contributed by atoms with van der Waals surface area (Å²) >= 11 is 1.40. The molecule has 2 aromatic carbocycles. The van der Waals surface area contributed by atoms with Crippen molar-refractivity contribution in [3.8, 4) is 22.9 Å². The van der Waals surface area contributed by atoms with Gasteiger partial charge in [-0.05, 0) is 80.5 Å². The van der Waals surface area contributed by atoms with Gasteiger partial charge in [-0.15, -0.1) is 0 Å². The Morgan fingerprint density at radius 2 is 1.81 bits per heavy atom. The zero-order chi connectivity index (χ0) is 25.8. The largest absolute Gasteiger partial charge is 0.439 e. The van der Waals surface area contributed by atoms with Gasteiger partial charge < -0.3 is 14.7 Å². The summed E-state index contributed by atoms with van der Waals surface area (Å²) in [5.41, 5.74) is 5.29. The van der Waals surface area contributed by atoms with Crippen LogP contribution in [0.4, 0.5) is 11.6 Å². The number of aliphatic hydroxyl groups excluding tert-OH is 1. The van der Waals surface area contributed by atoms with Gasteiger partial charge in [0.1, 0.15) is 5.75 Å². The van der Waals surface area contributed by atoms with Crippen LogP contribution in [0.1, 0.15) is 30.4 Å². The molecule has 9 heteroatoms. The summed E-state index contributed by atoms with van der Waals surface area (Å²) in [5.74, 6) is 1.63. The van der Waals surface area contributed by atoms with Gasteiger partial charge >= 0.3 is 0 Å². The molecule has 1 fully saturated rings. The average Bonchev–Trinajstić information content (AvgIpc) is 3.17. The maximum atomic E-state index is 9.96. The molecule has 0 radical (unpaired) electrons. The fourth-order valence-electron chi connectivity index (χ4n) is 4.61. The third-order valence-electron chi connectivity index (χ3n) is 6.50. The van der Waals surface area contributed by atoms with Crippen molar-refractivity contribution in [3.05, 3.63) is 72.1 Å². The molecule has 192 valence electrons. The molecule has 2 aromatic heterocycles. The number of benzene rings is 2. The summed E-state index contributed by atoms with van der Waals surface area (Å²) in [6.45, 7) is 5.98. The molecule has 3 heterocycles. The summed E-state index contributed by atoms with van der Waals surface area (Å²) in [5, 5.41) is 14.2. The predicted octanol–water partition coefficient (Wildman–Crippen LogP) is 5.76. The fourth-order valence-corrected chi connectivity index (χ4v) is 5.21. The van der Waals surface area contributed by atoms with Gasteiger partial charge in [0.15, 0.2) is 0 Å². The van der Waals surface area contributed by atoms with Gasteiger partial charge in [0.25, 0.3) is 0 Å². The van der Waals surface area contributed by atoms with E-state index in [1.54, 1.807) is 10.9 Å². The van der Waals surface area contributed by atoms with Crippen LogP contribution in [-0.4, -0.2) is 44.0 Å². The Labute approximate surface area is 221 Å². The molecule has 5 rings (SSSR count). The van der Waals surface area contributed by atoms with E-state index in [9.17, 15) is 5.11 Å². The molecule has 0 amide bonds. The Hall–Kier alpha value is -3.56. The van der Waals surface area contributed by atoms with Crippen LogP contribution in [0.15, 0.2) is 65.8 Å². The first-order chi connectivity index (χ1) is 17.9. The number of nitrogens with zero attached hydrogens (tertiary/aromatic N) is 5. The van der Waals surface area contributed by atoms with Gasteiger partial charge in [0.2, 0.25) is 11.8 Å². The van der Waals surface area contributed by atoms with Crippen molar-refractivity contribution in [1.29, 1.82) is 0 Å². The maximum Gasteiger partial charge on any atom is 0.237 e. The molecule has 1 saturated heterocycles. The predicted molar refractivity (Wildman–Crippen MR) is 148 cm³/mol. The number of rotatable bonds is 7. The zero-order valence-electron chi connectivity index (χ0n) is 21.4. The molecule has 1 atom stereocenters. The lowest BCUT2D eigenvalue weighted by Crippen LogP contribution is -2.24. The van der Waals surface area contributed by atoms with Crippen LogP contribution >= 0.6 is 11.9 Å². The molecule has 4 aromatic rings. The third kappa shape index (κ3) is 6.23. The topological polar surface area (TPSA) is 88.3 Å². The van der Waals surface area contributed by atoms with Crippen molar-refractivity contribution in [3.63, 3.8) is 0 Å². The van der Waals surface area contributed by atoms with E-state index in [4.69, 9.17) is 9.72 Å². The molecule has 2 N–H and O–H groups in total. The molecular weight excluding hydrogens is 484 g/mol. The molecule has 1 aliphatic heterocycles. The monoisotopic (exact) mass is 516 g/mol. The van der Waals surface area contributed by atoms with Gasteiger partial charge in [-0.3, -0.25) is 9.40 Å². The number of hydrogen-bond donors (Lipinski definition) is 2. The highest BCUT2D eigenvalue weighted by Gasteiger charge is 2.16. The number of aliphatic hydroxyl groups is 1. The van der Waals surface area contributed by atoms with Crippen molar-refractivity contribution >= 4 is 23.6 Å². The molecular formula is C28H32N6O2S. The number of hydrogen-bond acceptors (Lipinski definition) is 8. The highest BCUT2D eigenvalue weighted by Crippen LogP contribution is 2.32. The van der Waals surface area contributed by atoms with Crippen LogP contribution in [0.3, 0.4) is 0 Å². The molecule has 0 spiro atoms. The van der Waals surface area contributed by atoms with E-state index in [0.29, 0.717) is 17.6 Å². The van der Waals surface area contributed by atoms with Crippen LogP contribution < -0.4 is 14.4 Å². The summed E-state index contributed by atoms with van der Waals surface area (Å²) < 4.78 is 11.2. The Morgan fingerprint density at radius 3 is 2.54 bits per heavy atom. The molecule has 0 saturated carbocycles. The quantitative estimate of drug-likeness (QED) is 0.300. The summed E-state index contributed by atoms with van der Waals surface area (Å²) in [4.78, 5) is 12.7. The van der Waals surface area contributed by atoms with Gasteiger partial charge in [-0.25, -0.2) is 4.98 Å². The standard InChI is InChI=1S/C28H32N6O2S/c1-19-6-4-7-20(2)27(19)25-16-26(31-28(30-25)32-37-24-17-29-33(3)18-24)36-23-11-9-21(10-12-23)34-14-5-8-22(35)13-15-34/h4,6-7,9-12,16-18,22,35H,5,8,13-15H2,1-3H3,(H,30,31,32). The van der Waals surface area contributed by atoms with Crippen molar-refractivity contribution in [2.45, 2.75) is 44.1 Å². The minimum absolute atomic E-state index is 0.199. The Balaban J connectivity index is 1.40. The van der Waals surface area contributed by atoms with E-state index in [2.05, 4.69) is 63.9 Å². The molecule has 0 bridgehead atoms. The number of nitrogens with one attached hydrogen (secondary N) is 1. The van der Waals surface area contributed by atoms with Gasteiger partial charge in [0.05, 0.1) is 22.9 Å². The molecule has 8 nitrogen and oxygen atoms in total. The number of aryl methyl sites for hydroxylation is 3. The van der Waals surface area contributed by atoms with E-state index in [1.807, 2.05) is 31.4 Å². The normalized spacial score (nSPS) is 15.9. The molecule has 0 aliphatic carbocycles. The lowest BCUT2D eigenvalue weighted by atomic mass is 10.00. The van der Waals surface area contributed by atoms with Crippen molar-refractivity contribution in [2.75, 3.05) is 22.7 Å². The second kappa shape index (κ2) is 11.2. The first-order valence-electron chi connectivity index (χ1n) is 12.5. The maximum absolute atomic E-state index is 9.96. The van der Waals surface area contributed by atoms with Crippen molar-refractivity contribution < 1.29 is 9.84 Å². The summed E-state index contributed by atoms with van der Waals surface area (Å²) in [6, 6.07) is 16.2. The van der Waals surface area contributed by atoms with E-state index in [1.165, 1.54) is 11.9 Å². The molecule has 37 heavy (non-hydrogen) atoms. The Morgan fingerprint density at radius 1 is 1.03 bits per heavy atom. The minimum Gasteiger partial charge on any atom is -0.439 e. The van der Waals surface area contributed by atoms with Crippen LogP contribution in [0, 0.1) is 13.8 Å². The smallest absolute Gasteiger partial charge is 0.237 e. The van der Waals surface area contributed by atoms with Crippen LogP contribution in [0.2, 0.25) is 0 Å². The molecule has 1 unspecified atom stereocenters. The average molecular weight is 517 g/mol. The van der Waals surface area contributed by atoms with Crippen LogP contribution in [0.5, 0.6) is 11.6 Å². The number of ether oxygens (including phenoxy) is 1. The van der Waals surface area contributed by atoms with Crippen LogP contribution in [0.25, 0.3) is 11.3 Å². The Bertz CT molecular complexity index is 1340. The minimum atomic E-state index is -0.199. The number of anilines is 2. The summed E-state index contributed by atoms with van der Waals surface area (Å²) in [6.07, 6.45) is 6.18. The highest BCUT2D eigenvalue weighted by molar-refractivity contribution is 8.00. The lowest BCUT2D eigenvalue weighted by Gasteiger charge is -2.22. The number of aromatic nitrogens is 4. The SMILES string of the molecule is Cc1cccc(C)c1-c1cc(Oc2ccc(N3CCCC(O)CC3)cc2)nc(NSc2cnn(C)c2)n1. The van der Waals surface area contributed by atoms with Crippen molar-refractivity contribution in [2.24, 2.45) is 7.05 Å². The zero-order valence-corrected chi connectivity index (χ0v) is 22.2. The fraction of sp³-hybridized carbons (Fsp3) is 0.321. The first-order valence-corrected chi connectivity index (χ1v) is 13.3. The van der Waals surface area contributed by atoms with E-state index < -0.39 is 0 Å². The lowest BCUT2D eigenvalue weighted by molar-refractivity contribution is 0.161. The molecule has 1 aliphatic rings. The van der Waals surface area contributed by atoms with E-state index in [-0.39, 0.29) is 6.10 Å². The summed E-state index contributed by atoms with van der Waals surface area (Å²) in [7, 11) is 1.88. The highest BCUT2D eigenvalue weighted by atomic mass is 32.2. The van der Waals surface area contributed by atoms with E-state index >= 15 is 0 Å². The second-order valence-corrected chi connectivity index (χ2v) is 10.3. The Kier molecular flexibility index (Phi) is 7.62.